The molecule has 2 rings (SSSR count). The van der Waals surface area contributed by atoms with Crippen molar-refractivity contribution < 1.29 is 14.6 Å². The topological polar surface area (TPSA) is 49.8 Å². The third kappa shape index (κ3) is 3.62. The zero-order valence-electron chi connectivity index (χ0n) is 10.0. The van der Waals surface area contributed by atoms with Crippen molar-refractivity contribution in [2.45, 2.75) is 18.9 Å². The zero-order chi connectivity index (χ0) is 13.0. The third-order valence-corrected chi connectivity index (χ3v) is 3.21. The van der Waals surface area contributed by atoms with Crippen LogP contribution in [-0.2, 0) is 4.79 Å². The van der Waals surface area contributed by atoms with Crippen LogP contribution < -0.4 is 4.74 Å². The quantitative estimate of drug-likeness (QED) is 0.909. The first-order valence-electron chi connectivity index (χ1n) is 5.99. The summed E-state index contributed by atoms with van der Waals surface area (Å²) in [5.74, 6) is 0.537. The van der Waals surface area contributed by atoms with Crippen LogP contribution in [0.3, 0.4) is 0 Å². The van der Waals surface area contributed by atoms with Gasteiger partial charge in [0.2, 0.25) is 0 Å². The van der Waals surface area contributed by atoms with Crippen molar-refractivity contribution >= 4 is 17.5 Å². The number of rotatable bonds is 3. The van der Waals surface area contributed by atoms with Gasteiger partial charge in [0.15, 0.2) is 6.61 Å². The minimum Gasteiger partial charge on any atom is -0.484 e. The van der Waals surface area contributed by atoms with Gasteiger partial charge >= 0.3 is 0 Å². The molecule has 0 aliphatic carbocycles. The first kappa shape index (κ1) is 13.2. The van der Waals surface area contributed by atoms with Gasteiger partial charge in [-0.15, -0.1) is 0 Å². The molecule has 1 fully saturated rings. The molecular weight excluding hydrogens is 254 g/mol. The Labute approximate surface area is 111 Å². The van der Waals surface area contributed by atoms with E-state index in [0.29, 0.717) is 36.7 Å². The van der Waals surface area contributed by atoms with Crippen molar-refractivity contribution in [1.29, 1.82) is 0 Å². The zero-order valence-corrected chi connectivity index (χ0v) is 10.8. The molecule has 4 nitrogen and oxygen atoms in total. The highest BCUT2D eigenvalue weighted by molar-refractivity contribution is 6.30. The van der Waals surface area contributed by atoms with Gasteiger partial charge in [-0.2, -0.15) is 0 Å². The average molecular weight is 270 g/mol. The summed E-state index contributed by atoms with van der Waals surface area (Å²) < 4.78 is 5.39. The summed E-state index contributed by atoms with van der Waals surface area (Å²) in [7, 11) is 0. The summed E-state index contributed by atoms with van der Waals surface area (Å²) in [5.41, 5.74) is 0. The normalized spacial score (nSPS) is 16.7. The van der Waals surface area contributed by atoms with Crippen molar-refractivity contribution in [3.8, 4) is 5.75 Å². The maximum atomic E-state index is 11.8. The number of hydrogen-bond donors (Lipinski definition) is 1. The molecule has 98 valence electrons. The lowest BCUT2D eigenvalue weighted by molar-refractivity contribution is -0.135. The molecule has 0 unspecified atom stereocenters. The van der Waals surface area contributed by atoms with Crippen LogP contribution in [0.4, 0.5) is 0 Å². The number of amides is 1. The van der Waals surface area contributed by atoms with Crippen LogP contribution in [-0.4, -0.2) is 41.7 Å². The third-order valence-electron chi connectivity index (χ3n) is 2.98. The van der Waals surface area contributed by atoms with E-state index >= 15 is 0 Å². The Bertz CT molecular complexity index is 416. The van der Waals surface area contributed by atoms with Crippen LogP contribution >= 0.6 is 11.6 Å². The fourth-order valence-corrected chi connectivity index (χ4v) is 2.09. The summed E-state index contributed by atoms with van der Waals surface area (Å²) in [5, 5.41) is 9.95. The average Bonchev–Trinajstić information content (AvgIpc) is 2.37. The van der Waals surface area contributed by atoms with Gasteiger partial charge in [0.1, 0.15) is 5.75 Å². The number of carbonyl (C=O) groups excluding carboxylic acids is 1. The molecular formula is C13H16ClNO3. The Kier molecular flexibility index (Phi) is 4.44. The van der Waals surface area contributed by atoms with Gasteiger partial charge in [-0.25, -0.2) is 0 Å². The predicted molar refractivity (Wildman–Crippen MR) is 68.8 cm³/mol. The largest absolute Gasteiger partial charge is 0.484 e. The SMILES string of the molecule is O=C(COc1cccc(Cl)c1)N1CCC(O)CC1. The molecule has 1 aliphatic heterocycles. The fraction of sp³-hybridized carbons (Fsp3) is 0.462. The molecule has 0 radical (unpaired) electrons. The number of ether oxygens (including phenoxy) is 1. The van der Waals surface area contributed by atoms with Gasteiger partial charge in [-0.3, -0.25) is 4.79 Å². The van der Waals surface area contributed by atoms with E-state index in [-0.39, 0.29) is 18.6 Å². The van der Waals surface area contributed by atoms with E-state index in [4.69, 9.17) is 16.3 Å². The number of aliphatic hydroxyl groups excluding tert-OH is 1. The number of benzene rings is 1. The van der Waals surface area contributed by atoms with E-state index in [1.54, 1.807) is 29.2 Å². The molecule has 1 N–H and O–H groups in total. The van der Waals surface area contributed by atoms with Crippen LogP contribution in [0.1, 0.15) is 12.8 Å². The van der Waals surface area contributed by atoms with E-state index in [1.807, 2.05) is 0 Å². The fourth-order valence-electron chi connectivity index (χ4n) is 1.91. The van der Waals surface area contributed by atoms with Crippen molar-refractivity contribution in [3.63, 3.8) is 0 Å². The molecule has 18 heavy (non-hydrogen) atoms. The molecule has 1 aromatic carbocycles. The van der Waals surface area contributed by atoms with E-state index in [9.17, 15) is 9.90 Å². The molecule has 0 saturated carbocycles. The van der Waals surface area contributed by atoms with E-state index in [1.165, 1.54) is 0 Å². The second-order valence-electron chi connectivity index (χ2n) is 4.36. The summed E-state index contributed by atoms with van der Waals surface area (Å²) in [6.07, 6.45) is 1.01. The number of piperidine rings is 1. The maximum absolute atomic E-state index is 11.8. The lowest BCUT2D eigenvalue weighted by Gasteiger charge is -2.29. The lowest BCUT2D eigenvalue weighted by atomic mass is 10.1. The molecule has 0 aromatic heterocycles. The van der Waals surface area contributed by atoms with Gasteiger partial charge in [0.25, 0.3) is 5.91 Å². The second kappa shape index (κ2) is 6.07. The summed E-state index contributed by atoms with van der Waals surface area (Å²) in [4.78, 5) is 13.6. The Morgan fingerprint density at radius 1 is 1.44 bits per heavy atom. The highest BCUT2D eigenvalue weighted by atomic mass is 35.5. The molecule has 0 spiro atoms. The minimum atomic E-state index is -0.275. The van der Waals surface area contributed by atoms with Gasteiger partial charge in [-0.1, -0.05) is 17.7 Å². The van der Waals surface area contributed by atoms with Gasteiger partial charge in [-0.05, 0) is 31.0 Å². The Morgan fingerprint density at radius 2 is 2.17 bits per heavy atom. The number of aliphatic hydroxyl groups is 1. The van der Waals surface area contributed by atoms with Crippen LogP contribution in [0.5, 0.6) is 5.75 Å². The van der Waals surface area contributed by atoms with Crippen LogP contribution in [0.2, 0.25) is 5.02 Å². The van der Waals surface area contributed by atoms with Crippen molar-refractivity contribution in [2.75, 3.05) is 19.7 Å². The summed E-state index contributed by atoms with van der Waals surface area (Å²) >= 11 is 5.82. The molecule has 5 heteroatoms. The lowest BCUT2D eigenvalue weighted by Crippen LogP contribution is -2.42. The molecule has 1 aliphatic rings. The van der Waals surface area contributed by atoms with E-state index in [0.717, 1.165) is 0 Å². The maximum Gasteiger partial charge on any atom is 0.260 e. The number of hydrogen-bond acceptors (Lipinski definition) is 3. The molecule has 1 amide bonds. The van der Waals surface area contributed by atoms with Crippen LogP contribution in [0.15, 0.2) is 24.3 Å². The summed E-state index contributed by atoms with van der Waals surface area (Å²) in [6, 6.07) is 6.97. The highest BCUT2D eigenvalue weighted by Crippen LogP contribution is 2.17. The van der Waals surface area contributed by atoms with Crippen molar-refractivity contribution in [1.82, 2.24) is 4.90 Å². The standard InChI is InChI=1S/C13H16ClNO3/c14-10-2-1-3-12(8-10)18-9-13(17)15-6-4-11(16)5-7-15/h1-3,8,11,16H,4-7,9H2. The first-order chi connectivity index (χ1) is 8.65. The summed E-state index contributed by atoms with van der Waals surface area (Å²) in [6.45, 7) is 1.20. The Hall–Kier alpha value is -1.26. The van der Waals surface area contributed by atoms with Crippen LogP contribution in [0, 0.1) is 0 Å². The van der Waals surface area contributed by atoms with Crippen molar-refractivity contribution in [2.24, 2.45) is 0 Å². The number of carbonyl (C=O) groups is 1. The molecule has 0 atom stereocenters. The predicted octanol–water partition coefficient (Wildman–Crippen LogP) is 1.70. The monoisotopic (exact) mass is 269 g/mol. The van der Waals surface area contributed by atoms with Gasteiger partial charge in [0.05, 0.1) is 6.10 Å². The highest BCUT2D eigenvalue weighted by Gasteiger charge is 2.21. The number of halogens is 1. The van der Waals surface area contributed by atoms with E-state index < -0.39 is 0 Å². The van der Waals surface area contributed by atoms with Crippen LogP contribution in [0.25, 0.3) is 0 Å². The van der Waals surface area contributed by atoms with Gasteiger partial charge in [0, 0.05) is 18.1 Å². The number of nitrogens with zero attached hydrogens (tertiary/aromatic N) is 1. The Balaban J connectivity index is 1.81. The minimum absolute atomic E-state index is 0.0104. The Morgan fingerprint density at radius 3 is 2.83 bits per heavy atom. The molecule has 1 heterocycles. The molecule has 1 aromatic rings. The van der Waals surface area contributed by atoms with E-state index in [2.05, 4.69) is 0 Å². The molecule has 1 saturated heterocycles. The molecule has 0 bridgehead atoms. The number of likely N-dealkylation sites (tertiary alicyclic amines) is 1. The van der Waals surface area contributed by atoms with Gasteiger partial charge < -0.3 is 14.7 Å². The smallest absolute Gasteiger partial charge is 0.260 e. The first-order valence-corrected chi connectivity index (χ1v) is 6.37. The second-order valence-corrected chi connectivity index (χ2v) is 4.79. The van der Waals surface area contributed by atoms with Crippen molar-refractivity contribution in [3.05, 3.63) is 29.3 Å².